The van der Waals surface area contributed by atoms with Crippen LogP contribution in [0.4, 0.5) is 0 Å². The van der Waals surface area contributed by atoms with Gasteiger partial charge in [-0.2, -0.15) is 10.5 Å². The van der Waals surface area contributed by atoms with Crippen LogP contribution in [0.15, 0.2) is 95.8 Å². The molecule has 3 aromatic rings. The molecule has 0 saturated heterocycles. The number of nitrogens with zero attached hydrogens (tertiary/aromatic N) is 3. The maximum atomic E-state index is 9.87. The minimum absolute atomic E-state index is 0.327. The first-order valence-electron chi connectivity index (χ1n) is 13.6. The summed E-state index contributed by atoms with van der Waals surface area (Å²) in [5.41, 5.74) is 3.92. The van der Waals surface area contributed by atoms with E-state index in [4.69, 9.17) is 21.1 Å². The summed E-state index contributed by atoms with van der Waals surface area (Å²) in [5.74, 6) is 1.64. The first-order valence-corrected chi connectivity index (χ1v) is 14.4. The summed E-state index contributed by atoms with van der Waals surface area (Å²) in [6.07, 6.45) is 6.59. The number of nitrogens with one attached hydrogen (secondary N) is 1. The molecular weight excluding hydrogens is 568 g/mol. The van der Waals surface area contributed by atoms with Crippen molar-refractivity contribution < 1.29 is 18.8 Å². The van der Waals surface area contributed by atoms with Crippen LogP contribution in [0.5, 0.6) is 11.5 Å². The lowest BCUT2D eigenvalue weighted by Crippen LogP contribution is -2.27. The molecule has 3 aromatic carbocycles. The number of thiol groups is 1. The number of quaternary nitrogens is 1. The van der Waals surface area contributed by atoms with Crippen molar-refractivity contribution in [1.29, 1.82) is 5.26 Å². The molecule has 0 aliphatic heterocycles. The molecule has 0 aliphatic carbocycles. The maximum absolute atomic E-state index is 9.87. The van der Waals surface area contributed by atoms with Gasteiger partial charge in [-0.15, -0.1) is 0 Å². The van der Waals surface area contributed by atoms with Gasteiger partial charge < -0.3 is 14.8 Å². The van der Waals surface area contributed by atoms with Gasteiger partial charge in [0, 0.05) is 11.6 Å². The van der Waals surface area contributed by atoms with Crippen molar-refractivity contribution in [1.82, 2.24) is 5.32 Å². The Morgan fingerprint density at radius 2 is 1.81 bits per heavy atom. The van der Waals surface area contributed by atoms with Crippen molar-refractivity contribution in [3.63, 3.8) is 0 Å². The van der Waals surface area contributed by atoms with Gasteiger partial charge >= 0.3 is 0 Å². The van der Waals surface area contributed by atoms with Crippen LogP contribution < -0.4 is 14.8 Å². The first kappa shape index (κ1) is 32.8. The number of hydroxylamine groups is 1. The summed E-state index contributed by atoms with van der Waals surface area (Å²) in [5, 5.41) is 26.9. The molecule has 1 unspecified atom stereocenters. The van der Waals surface area contributed by atoms with E-state index < -0.39 is 9.58 Å². The van der Waals surface area contributed by atoms with Crippen LogP contribution in [0.2, 0.25) is 5.02 Å². The Balaban J connectivity index is 1.69. The van der Waals surface area contributed by atoms with E-state index >= 15 is 0 Å². The molecule has 0 saturated carbocycles. The fraction of sp³-hybridized carbons (Fsp3) is 0.273. The van der Waals surface area contributed by atoms with Gasteiger partial charge in [-0.1, -0.05) is 80.9 Å². The molecule has 0 heterocycles. The SMILES string of the molecule is CC/C=C(/C=C\N/C(C)=N\[N+](C)(O)S)COc1ccc(C(C)(C)c2cc(Cl)c(OCc3ccccc3)c(C#N)c2)cc1. The molecule has 0 aromatic heterocycles. The van der Waals surface area contributed by atoms with Gasteiger partial charge in [-0.25, -0.2) is 0 Å². The molecule has 1 atom stereocenters. The number of hydrogen-bond acceptors (Lipinski definition) is 6. The lowest BCUT2D eigenvalue weighted by atomic mass is 9.77. The molecule has 0 bridgehead atoms. The fourth-order valence-corrected chi connectivity index (χ4v) is 4.64. The second kappa shape index (κ2) is 14.9. The number of benzene rings is 3. The van der Waals surface area contributed by atoms with Gasteiger partial charge in [-0.05, 0) is 75.2 Å². The third kappa shape index (κ3) is 9.68. The van der Waals surface area contributed by atoms with E-state index in [1.54, 1.807) is 13.1 Å². The van der Waals surface area contributed by atoms with Gasteiger partial charge in [-0.3, -0.25) is 0 Å². The molecule has 0 amide bonds. The van der Waals surface area contributed by atoms with Crippen LogP contribution in [0.3, 0.4) is 0 Å². The van der Waals surface area contributed by atoms with Crippen molar-refractivity contribution in [2.45, 2.75) is 46.1 Å². The molecule has 42 heavy (non-hydrogen) atoms. The fourth-order valence-electron chi connectivity index (χ4n) is 4.23. The third-order valence-corrected chi connectivity index (χ3v) is 6.86. The smallest absolute Gasteiger partial charge is 0.164 e. The zero-order chi connectivity index (χ0) is 30.8. The van der Waals surface area contributed by atoms with Gasteiger partial charge in [0.05, 0.1) is 10.6 Å². The lowest BCUT2D eigenvalue weighted by molar-refractivity contribution is -0.979. The number of halogens is 1. The molecule has 2 N–H and O–H groups in total. The summed E-state index contributed by atoms with van der Waals surface area (Å²) in [6.45, 7) is 8.70. The number of allylic oxidation sites excluding steroid dienone is 1. The third-order valence-electron chi connectivity index (χ3n) is 6.49. The van der Waals surface area contributed by atoms with Gasteiger partial charge in [0.15, 0.2) is 11.6 Å². The van der Waals surface area contributed by atoms with E-state index in [0.29, 0.717) is 35.4 Å². The van der Waals surface area contributed by atoms with Crippen LogP contribution in [0.25, 0.3) is 0 Å². The second-order valence-electron chi connectivity index (χ2n) is 10.4. The number of ether oxygens (including phenoxy) is 2. The predicted octanol–water partition coefficient (Wildman–Crippen LogP) is 7.95. The van der Waals surface area contributed by atoms with E-state index in [-0.39, 0.29) is 0 Å². The Morgan fingerprint density at radius 3 is 2.43 bits per heavy atom. The molecule has 9 heteroatoms. The number of hydrogen-bond donors (Lipinski definition) is 3. The van der Waals surface area contributed by atoms with Crippen LogP contribution in [0.1, 0.15) is 56.4 Å². The topological polar surface area (TPSA) is 86.9 Å². The van der Waals surface area contributed by atoms with Crippen molar-refractivity contribution >= 4 is 30.3 Å². The zero-order valence-electron chi connectivity index (χ0n) is 24.6. The Hall–Kier alpha value is -3.74. The Labute approximate surface area is 259 Å². The Morgan fingerprint density at radius 1 is 1.12 bits per heavy atom. The number of nitriles is 1. The summed E-state index contributed by atoms with van der Waals surface area (Å²) in [6, 6.07) is 23.7. The zero-order valence-corrected chi connectivity index (χ0v) is 26.3. The van der Waals surface area contributed by atoms with Crippen LogP contribution >= 0.6 is 24.4 Å². The normalized spacial score (nSPS) is 13.9. The molecule has 7 nitrogen and oxygen atoms in total. The second-order valence-corrected chi connectivity index (χ2v) is 11.5. The van der Waals surface area contributed by atoms with E-state index in [2.05, 4.69) is 56.1 Å². The van der Waals surface area contributed by atoms with E-state index in [1.165, 1.54) is 7.05 Å². The molecule has 0 aliphatic rings. The first-order chi connectivity index (χ1) is 19.9. The number of amidine groups is 1. The Bertz CT molecular complexity index is 1470. The average Bonchev–Trinajstić information content (AvgIpc) is 2.94. The van der Waals surface area contributed by atoms with Gasteiger partial charge in [0.2, 0.25) is 0 Å². The summed E-state index contributed by atoms with van der Waals surface area (Å²) in [7, 11) is 1.43. The lowest BCUT2D eigenvalue weighted by Gasteiger charge is -2.27. The maximum Gasteiger partial charge on any atom is 0.164 e. The predicted molar refractivity (Wildman–Crippen MR) is 172 cm³/mol. The van der Waals surface area contributed by atoms with Crippen molar-refractivity contribution in [2.75, 3.05) is 13.7 Å². The molecule has 0 radical (unpaired) electrons. The molecule has 220 valence electrons. The van der Waals surface area contributed by atoms with Gasteiger partial charge in [0.1, 0.15) is 44.9 Å². The highest BCUT2D eigenvalue weighted by molar-refractivity contribution is 7.74. The van der Waals surface area contributed by atoms with E-state index in [9.17, 15) is 10.5 Å². The molecule has 0 fully saturated rings. The minimum atomic E-state index is -0.804. The van der Waals surface area contributed by atoms with Crippen molar-refractivity contribution in [2.24, 2.45) is 5.10 Å². The summed E-state index contributed by atoms with van der Waals surface area (Å²) in [4.78, 5) is 0. The summed E-state index contributed by atoms with van der Waals surface area (Å²) >= 11 is 10.6. The van der Waals surface area contributed by atoms with Crippen molar-refractivity contribution in [3.05, 3.63) is 118 Å². The largest absolute Gasteiger partial charge is 0.489 e. The van der Waals surface area contributed by atoms with Gasteiger partial charge in [0.25, 0.3) is 0 Å². The monoisotopic (exact) mass is 605 g/mol. The minimum Gasteiger partial charge on any atom is -0.489 e. The van der Waals surface area contributed by atoms with Crippen LogP contribution in [-0.2, 0) is 12.0 Å². The highest BCUT2D eigenvalue weighted by atomic mass is 35.5. The van der Waals surface area contributed by atoms with Crippen molar-refractivity contribution in [3.8, 4) is 17.6 Å². The average molecular weight is 606 g/mol. The van der Waals surface area contributed by atoms with E-state index in [0.717, 1.165) is 34.4 Å². The molecule has 3 rings (SSSR count). The van der Waals surface area contributed by atoms with E-state index in [1.807, 2.05) is 72.8 Å². The summed E-state index contributed by atoms with van der Waals surface area (Å²) < 4.78 is 11.2. The highest BCUT2D eigenvalue weighted by Crippen LogP contribution is 2.39. The standard InChI is InChI=1S/C33H38ClN4O3S/c1-6-10-25(17-18-36-24(2)37-38(5,39)42)22-40-30-15-13-28(14-16-30)33(3,4)29-19-27(21-35)32(31(34)20-29)41-23-26-11-8-7-9-12-26/h7-20,39,42H,6,22-23H2,1-5H3,(H,36,37)/q+1/b18-17-,25-10-. The quantitative estimate of drug-likeness (QED) is 0.0487. The van der Waals surface area contributed by atoms with Crippen LogP contribution in [0, 0.1) is 11.3 Å². The molecule has 0 spiro atoms. The van der Waals surface area contributed by atoms with Crippen LogP contribution in [-0.4, -0.2) is 28.9 Å². The number of rotatable bonds is 12. The Kier molecular flexibility index (Phi) is 11.7. The highest BCUT2D eigenvalue weighted by Gasteiger charge is 2.26. The molecular formula is C33H38ClN4O3S+.